The number of para-hydroxylation sites is 1. The van der Waals surface area contributed by atoms with Crippen molar-refractivity contribution in [2.45, 2.75) is 32.7 Å². The number of benzene rings is 6. The van der Waals surface area contributed by atoms with Crippen molar-refractivity contribution in [1.82, 2.24) is 4.57 Å². The lowest BCUT2D eigenvalue weighted by Crippen LogP contribution is -2.29. The quantitative estimate of drug-likeness (QED) is 0.197. The number of fused-ring (bicyclic) bond motifs is 5. The molecule has 2 nitrogen and oxygen atoms in total. The van der Waals surface area contributed by atoms with Gasteiger partial charge in [0.2, 0.25) is 0 Å². The molecular weight excluding hydrogens is 544 g/mol. The van der Waals surface area contributed by atoms with Gasteiger partial charge in [0.15, 0.2) is 0 Å². The molecule has 0 fully saturated rings. The van der Waals surface area contributed by atoms with E-state index >= 15 is 0 Å². The Labute approximate surface area is 265 Å². The summed E-state index contributed by atoms with van der Waals surface area (Å²) in [7, 11) is 0. The van der Waals surface area contributed by atoms with Gasteiger partial charge in [0.25, 0.3) is 0 Å². The van der Waals surface area contributed by atoms with E-state index < -0.39 is 0 Å². The summed E-state index contributed by atoms with van der Waals surface area (Å²) in [5, 5.41) is 5.21. The summed E-state index contributed by atoms with van der Waals surface area (Å²) in [6.07, 6.45) is 7.83. The van der Waals surface area contributed by atoms with Crippen LogP contribution in [-0.2, 0) is 5.54 Å². The monoisotopic (exact) mass is 580 g/mol. The molecule has 1 heterocycles. The third-order valence-electron chi connectivity index (χ3n) is 9.37. The largest absolute Gasteiger partial charge is 0.331 e. The first kappa shape index (κ1) is 27.2. The summed E-state index contributed by atoms with van der Waals surface area (Å²) in [5.74, 6) is 0. The molecule has 0 saturated carbocycles. The van der Waals surface area contributed by atoms with E-state index in [4.69, 9.17) is 0 Å². The van der Waals surface area contributed by atoms with Gasteiger partial charge in [-0.3, -0.25) is 0 Å². The maximum absolute atomic E-state index is 2.57. The van der Waals surface area contributed by atoms with Crippen molar-refractivity contribution in [2.24, 2.45) is 0 Å². The molecule has 0 amide bonds. The highest BCUT2D eigenvalue weighted by Gasteiger charge is 2.30. The van der Waals surface area contributed by atoms with E-state index in [0.29, 0.717) is 0 Å². The fourth-order valence-corrected chi connectivity index (χ4v) is 7.37. The van der Waals surface area contributed by atoms with Gasteiger partial charge in [0.05, 0.1) is 11.1 Å². The van der Waals surface area contributed by atoms with E-state index in [0.717, 1.165) is 23.5 Å². The van der Waals surface area contributed by atoms with Crippen molar-refractivity contribution < 1.29 is 0 Å². The zero-order valence-corrected chi connectivity index (χ0v) is 26.0. The fraction of sp³-hybridized carbons (Fsp3) is 0.116. The zero-order valence-electron chi connectivity index (χ0n) is 26.0. The van der Waals surface area contributed by atoms with E-state index in [-0.39, 0.29) is 5.54 Å². The Kier molecular flexibility index (Phi) is 6.46. The maximum atomic E-state index is 2.57. The van der Waals surface area contributed by atoms with Gasteiger partial charge in [0, 0.05) is 33.4 Å². The van der Waals surface area contributed by atoms with Gasteiger partial charge in [-0.25, -0.2) is 0 Å². The van der Waals surface area contributed by atoms with Crippen LogP contribution in [0, 0.1) is 6.92 Å². The Morgan fingerprint density at radius 3 is 2.11 bits per heavy atom. The van der Waals surface area contributed by atoms with Crippen LogP contribution in [0.15, 0.2) is 157 Å². The Hall–Kier alpha value is -5.34. The molecule has 1 aliphatic carbocycles. The summed E-state index contributed by atoms with van der Waals surface area (Å²) in [6.45, 7) is 6.76. The van der Waals surface area contributed by atoms with Crippen molar-refractivity contribution in [1.29, 1.82) is 0 Å². The summed E-state index contributed by atoms with van der Waals surface area (Å²) in [5.41, 5.74) is 11.0. The zero-order chi connectivity index (χ0) is 30.5. The lowest BCUT2D eigenvalue weighted by molar-refractivity contribution is 0.427. The van der Waals surface area contributed by atoms with E-state index in [1.54, 1.807) is 0 Å². The number of aryl methyl sites for hydroxylation is 1. The van der Waals surface area contributed by atoms with Gasteiger partial charge >= 0.3 is 0 Å². The predicted octanol–water partition coefficient (Wildman–Crippen LogP) is 12.0. The fourth-order valence-electron chi connectivity index (χ4n) is 7.37. The Morgan fingerprint density at radius 1 is 0.600 bits per heavy atom. The average molecular weight is 581 g/mol. The molecule has 45 heavy (non-hydrogen) atoms. The molecule has 6 aromatic carbocycles. The van der Waals surface area contributed by atoms with Crippen LogP contribution in [0.1, 0.15) is 25.8 Å². The molecule has 0 saturated heterocycles. The minimum atomic E-state index is -0.138. The van der Waals surface area contributed by atoms with E-state index in [1.807, 2.05) is 0 Å². The minimum absolute atomic E-state index is 0.138. The highest BCUT2D eigenvalue weighted by atomic mass is 15.1. The molecule has 0 N–H and O–H groups in total. The highest BCUT2D eigenvalue weighted by Crippen LogP contribution is 2.43. The molecule has 1 unspecified atom stereocenters. The molecule has 1 aliphatic rings. The smallest absolute Gasteiger partial charge is 0.0645 e. The molecule has 7 aromatic rings. The number of aromatic nitrogens is 1. The standard InChI is InChI=1S/C43H36N2/c1-30-11-9-16-37(27-30)44(35-14-5-4-6-15-35)36-22-18-32(19-23-36)34-21-24-40-39(28-34)42-38-17-8-7-13-33(38)20-25-41(42)45(40)43(3)26-10-12-31(2)29-43/h4-28H,29H2,1-3H3. The van der Waals surface area contributed by atoms with E-state index in [9.17, 15) is 0 Å². The minimum Gasteiger partial charge on any atom is -0.331 e. The molecular formula is C43H36N2. The summed E-state index contributed by atoms with van der Waals surface area (Å²) in [6, 6.07) is 48.8. The summed E-state index contributed by atoms with van der Waals surface area (Å²) < 4.78 is 2.57. The molecule has 0 spiro atoms. The van der Waals surface area contributed by atoms with Crippen LogP contribution in [0.25, 0.3) is 43.7 Å². The van der Waals surface area contributed by atoms with Gasteiger partial charge in [-0.05, 0) is 109 Å². The van der Waals surface area contributed by atoms with Crippen LogP contribution < -0.4 is 4.90 Å². The number of anilines is 3. The molecule has 8 rings (SSSR count). The van der Waals surface area contributed by atoms with Crippen LogP contribution in [0.4, 0.5) is 17.1 Å². The maximum Gasteiger partial charge on any atom is 0.0645 e. The van der Waals surface area contributed by atoms with Gasteiger partial charge < -0.3 is 9.47 Å². The molecule has 218 valence electrons. The SMILES string of the molecule is CC1=CC=CC(C)(n2c3ccc(-c4ccc(N(c5ccccc5)c5cccc(C)c5)cc4)cc3c3c4ccccc4ccc32)C1. The summed E-state index contributed by atoms with van der Waals surface area (Å²) >= 11 is 0. The molecule has 0 radical (unpaired) electrons. The number of hydrogen-bond acceptors (Lipinski definition) is 1. The first-order valence-electron chi connectivity index (χ1n) is 15.8. The van der Waals surface area contributed by atoms with Crippen molar-refractivity contribution in [3.05, 3.63) is 163 Å². The third kappa shape index (κ3) is 4.65. The number of hydrogen-bond donors (Lipinski definition) is 0. The summed E-state index contributed by atoms with van der Waals surface area (Å²) in [4.78, 5) is 2.33. The normalized spacial score (nSPS) is 16.4. The lowest BCUT2D eigenvalue weighted by Gasteiger charge is -2.33. The van der Waals surface area contributed by atoms with Crippen LogP contribution in [0.3, 0.4) is 0 Å². The Bertz CT molecular complexity index is 2270. The molecule has 2 heteroatoms. The van der Waals surface area contributed by atoms with Crippen LogP contribution in [0.2, 0.25) is 0 Å². The second kappa shape index (κ2) is 10.7. The van der Waals surface area contributed by atoms with Gasteiger partial charge in [0.1, 0.15) is 0 Å². The van der Waals surface area contributed by atoms with Crippen LogP contribution in [0.5, 0.6) is 0 Å². The van der Waals surface area contributed by atoms with Crippen LogP contribution in [-0.4, -0.2) is 4.57 Å². The highest BCUT2D eigenvalue weighted by molar-refractivity contribution is 6.21. The van der Waals surface area contributed by atoms with E-state index in [1.165, 1.54) is 54.8 Å². The Morgan fingerprint density at radius 2 is 1.31 bits per heavy atom. The second-order valence-electron chi connectivity index (χ2n) is 12.7. The lowest BCUT2D eigenvalue weighted by atomic mass is 9.88. The van der Waals surface area contributed by atoms with Crippen molar-refractivity contribution in [3.8, 4) is 11.1 Å². The van der Waals surface area contributed by atoms with Crippen LogP contribution >= 0.6 is 0 Å². The first-order valence-corrected chi connectivity index (χ1v) is 15.8. The van der Waals surface area contributed by atoms with E-state index in [2.05, 4.69) is 182 Å². The number of rotatable bonds is 5. The third-order valence-corrected chi connectivity index (χ3v) is 9.37. The molecule has 0 aliphatic heterocycles. The molecule has 0 bridgehead atoms. The van der Waals surface area contributed by atoms with Crippen molar-refractivity contribution in [2.75, 3.05) is 4.90 Å². The Balaban J connectivity index is 1.28. The average Bonchev–Trinajstić information content (AvgIpc) is 3.41. The first-order chi connectivity index (χ1) is 22.0. The number of allylic oxidation sites excluding steroid dienone is 4. The van der Waals surface area contributed by atoms with Crippen molar-refractivity contribution >= 4 is 49.6 Å². The van der Waals surface area contributed by atoms with Crippen molar-refractivity contribution in [3.63, 3.8) is 0 Å². The molecule has 1 atom stereocenters. The topological polar surface area (TPSA) is 8.17 Å². The second-order valence-corrected chi connectivity index (χ2v) is 12.7. The molecule has 1 aromatic heterocycles. The van der Waals surface area contributed by atoms with Gasteiger partial charge in [-0.15, -0.1) is 0 Å². The predicted molar refractivity (Wildman–Crippen MR) is 193 cm³/mol. The van der Waals surface area contributed by atoms with Gasteiger partial charge in [-0.2, -0.15) is 0 Å². The van der Waals surface area contributed by atoms with Gasteiger partial charge in [-0.1, -0.05) is 103 Å². The number of nitrogens with zero attached hydrogens (tertiary/aromatic N) is 2.